The van der Waals surface area contributed by atoms with E-state index in [1.807, 2.05) is 0 Å². The zero-order valence-electron chi connectivity index (χ0n) is 11.7. The van der Waals surface area contributed by atoms with Gasteiger partial charge in [-0.15, -0.1) is 0 Å². The molecule has 23 heavy (non-hydrogen) atoms. The molecule has 116 valence electrons. The molecule has 0 saturated carbocycles. The molecule has 1 amide bonds. The number of carbonyl (C=O) groups excluding carboxylic acids is 1. The third-order valence-electron chi connectivity index (χ3n) is 2.69. The van der Waals surface area contributed by atoms with E-state index >= 15 is 0 Å². The molecule has 0 bridgehead atoms. The van der Waals surface area contributed by atoms with Gasteiger partial charge in [-0.1, -0.05) is 23.2 Å². The van der Waals surface area contributed by atoms with E-state index in [1.165, 1.54) is 18.5 Å². The van der Waals surface area contributed by atoms with Crippen LogP contribution >= 0.6 is 23.2 Å². The number of hydrogen-bond donors (Lipinski definition) is 3. The molecule has 1 aromatic carbocycles. The Kier molecular flexibility index (Phi) is 5.41. The summed E-state index contributed by atoms with van der Waals surface area (Å²) in [5.74, 6) is -0.211. The summed E-state index contributed by atoms with van der Waals surface area (Å²) < 4.78 is 0. The van der Waals surface area contributed by atoms with Crippen LogP contribution in [0, 0.1) is 11.3 Å². The van der Waals surface area contributed by atoms with E-state index in [-0.39, 0.29) is 10.6 Å². The van der Waals surface area contributed by atoms with Crippen molar-refractivity contribution in [3.8, 4) is 6.07 Å². The highest BCUT2D eigenvalue weighted by Crippen LogP contribution is 2.24. The van der Waals surface area contributed by atoms with Gasteiger partial charge in [0.05, 0.1) is 10.7 Å². The molecule has 4 N–H and O–H groups in total. The minimum Gasteiger partial charge on any atom is -0.399 e. The van der Waals surface area contributed by atoms with Crippen molar-refractivity contribution in [3.63, 3.8) is 0 Å². The Morgan fingerprint density at radius 1 is 1.30 bits per heavy atom. The maximum atomic E-state index is 12.1. The zero-order valence-corrected chi connectivity index (χ0v) is 13.2. The van der Waals surface area contributed by atoms with Gasteiger partial charge in [-0.3, -0.25) is 4.79 Å². The number of hydrogen-bond acceptors (Lipinski definition) is 5. The van der Waals surface area contributed by atoms with E-state index in [9.17, 15) is 4.79 Å². The van der Waals surface area contributed by atoms with Gasteiger partial charge in [-0.05, 0) is 30.3 Å². The average molecular weight is 348 g/mol. The van der Waals surface area contributed by atoms with Gasteiger partial charge in [0.1, 0.15) is 17.5 Å². The van der Waals surface area contributed by atoms with Crippen LogP contribution in [0.1, 0.15) is 0 Å². The standard InChI is InChI=1S/C15H11Cl2N5O/c16-10-3-4-20-14(5-10)21-8-9(7-18)15(23)22-13-2-1-11(19)6-12(13)17/h1-6,8H,19H2,(H,20,21)(H,22,23)/b9-8-. The highest BCUT2D eigenvalue weighted by Gasteiger charge is 2.11. The SMILES string of the molecule is N#C/C(=C/Nc1cc(Cl)ccn1)C(=O)Nc1ccc(N)cc1Cl. The molecule has 0 unspecified atom stereocenters. The zero-order chi connectivity index (χ0) is 16.8. The van der Waals surface area contributed by atoms with Crippen LogP contribution in [0.2, 0.25) is 10.0 Å². The van der Waals surface area contributed by atoms with E-state index in [0.29, 0.717) is 22.2 Å². The highest BCUT2D eigenvalue weighted by molar-refractivity contribution is 6.34. The molecule has 1 heterocycles. The normalized spacial score (nSPS) is 10.7. The third-order valence-corrected chi connectivity index (χ3v) is 3.24. The molecule has 0 saturated heterocycles. The lowest BCUT2D eigenvalue weighted by Gasteiger charge is -2.07. The van der Waals surface area contributed by atoms with Gasteiger partial charge >= 0.3 is 0 Å². The van der Waals surface area contributed by atoms with Gasteiger partial charge < -0.3 is 16.4 Å². The van der Waals surface area contributed by atoms with Gasteiger partial charge in [0.2, 0.25) is 0 Å². The monoisotopic (exact) mass is 347 g/mol. The molecule has 0 aliphatic rings. The summed E-state index contributed by atoms with van der Waals surface area (Å²) in [5.41, 5.74) is 6.25. The Hall–Kier alpha value is -2.75. The number of nitrogens with zero attached hydrogens (tertiary/aromatic N) is 2. The first kappa shape index (κ1) is 16.6. The summed E-state index contributed by atoms with van der Waals surface area (Å²) in [6, 6.07) is 9.60. The third kappa shape index (κ3) is 4.61. The fourth-order valence-corrected chi connectivity index (χ4v) is 2.00. The molecular weight excluding hydrogens is 337 g/mol. The lowest BCUT2D eigenvalue weighted by molar-refractivity contribution is -0.112. The fraction of sp³-hybridized carbons (Fsp3) is 0. The predicted octanol–water partition coefficient (Wildman–Crippen LogP) is 3.43. The second-order valence-corrected chi connectivity index (χ2v) is 5.21. The van der Waals surface area contributed by atoms with Crippen LogP contribution in [-0.4, -0.2) is 10.9 Å². The summed E-state index contributed by atoms with van der Waals surface area (Å²) in [5, 5.41) is 15.1. The molecular formula is C15H11Cl2N5O. The van der Waals surface area contributed by atoms with Gasteiger partial charge in [-0.25, -0.2) is 4.98 Å². The summed E-state index contributed by atoms with van der Waals surface area (Å²) >= 11 is 11.8. The number of halogens is 2. The Morgan fingerprint density at radius 3 is 2.74 bits per heavy atom. The maximum absolute atomic E-state index is 12.1. The number of rotatable bonds is 4. The number of aromatic nitrogens is 1. The Morgan fingerprint density at radius 2 is 2.09 bits per heavy atom. The van der Waals surface area contributed by atoms with Crippen molar-refractivity contribution in [2.45, 2.75) is 0 Å². The largest absolute Gasteiger partial charge is 0.399 e. The van der Waals surface area contributed by atoms with E-state index in [0.717, 1.165) is 0 Å². The molecule has 0 aliphatic heterocycles. The predicted molar refractivity (Wildman–Crippen MR) is 91.1 cm³/mol. The average Bonchev–Trinajstić information content (AvgIpc) is 2.51. The van der Waals surface area contributed by atoms with Crippen LogP contribution in [-0.2, 0) is 4.79 Å². The molecule has 0 radical (unpaired) electrons. The van der Waals surface area contributed by atoms with Crippen molar-refractivity contribution < 1.29 is 4.79 Å². The van der Waals surface area contributed by atoms with Crippen molar-refractivity contribution in [2.75, 3.05) is 16.4 Å². The summed E-state index contributed by atoms with van der Waals surface area (Å²) in [7, 11) is 0. The first-order valence-corrected chi connectivity index (χ1v) is 7.10. The van der Waals surface area contributed by atoms with E-state index in [2.05, 4.69) is 15.6 Å². The lowest BCUT2D eigenvalue weighted by atomic mass is 10.2. The van der Waals surface area contributed by atoms with Crippen LogP contribution in [0.5, 0.6) is 0 Å². The van der Waals surface area contributed by atoms with Crippen molar-refractivity contribution in [1.29, 1.82) is 5.26 Å². The minimum atomic E-state index is -0.617. The quantitative estimate of drug-likeness (QED) is 0.446. The number of nitrogen functional groups attached to an aromatic ring is 1. The van der Waals surface area contributed by atoms with E-state index in [1.54, 1.807) is 30.3 Å². The summed E-state index contributed by atoms with van der Waals surface area (Å²) in [6.45, 7) is 0. The number of pyridine rings is 1. The maximum Gasteiger partial charge on any atom is 0.267 e. The van der Waals surface area contributed by atoms with E-state index in [4.69, 9.17) is 34.2 Å². The van der Waals surface area contributed by atoms with Crippen molar-refractivity contribution in [2.24, 2.45) is 0 Å². The van der Waals surface area contributed by atoms with Crippen LogP contribution in [0.4, 0.5) is 17.2 Å². The van der Waals surface area contributed by atoms with Crippen LogP contribution < -0.4 is 16.4 Å². The van der Waals surface area contributed by atoms with Crippen LogP contribution in [0.15, 0.2) is 48.3 Å². The molecule has 8 heteroatoms. The highest BCUT2D eigenvalue weighted by atomic mass is 35.5. The van der Waals surface area contributed by atoms with Gasteiger partial charge in [0, 0.05) is 23.1 Å². The molecule has 0 aliphatic carbocycles. The minimum absolute atomic E-state index is 0.153. The van der Waals surface area contributed by atoms with Crippen LogP contribution in [0.25, 0.3) is 0 Å². The van der Waals surface area contributed by atoms with Gasteiger partial charge in [0.25, 0.3) is 5.91 Å². The molecule has 0 atom stereocenters. The number of nitrogens with one attached hydrogen (secondary N) is 2. The van der Waals surface area contributed by atoms with Gasteiger partial charge in [0.15, 0.2) is 0 Å². The first-order valence-electron chi connectivity index (χ1n) is 6.34. The Bertz CT molecular complexity index is 814. The molecule has 0 spiro atoms. The molecule has 2 rings (SSSR count). The second-order valence-electron chi connectivity index (χ2n) is 4.37. The molecule has 2 aromatic rings. The first-order chi connectivity index (χ1) is 11.0. The number of nitriles is 1. The van der Waals surface area contributed by atoms with Crippen LogP contribution in [0.3, 0.4) is 0 Å². The van der Waals surface area contributed by atoms with Crippen molar-refractivity contribution in [3.05, 3.63) is 58.3 Å². The summed E-state index contributed by atoms with van der Waals surface area (Å²) in [6.07, 6.45) is 2.73. The van der Waals surface area contributed by atoms with E-state index < -0.39 is 5.91 Å². The molecule has 6 nitrogen and oxygen atoms in total. The number of amides is 1. The fourth-order valence-electron chi connectivity index (χ4n) is 1.60. The summed E-state index contributed by atoms with van der Waals surface area (Å²) in [4.78, 5) is 16.1. The number of anilines is 3. The number of carbonyl (C=O) groups is 1. The van der Waals surface area contributed by atoms with Gasteiger partial charge in [-0.2, -0.15) is 5.26 Å². The molecule has 0 fully saturated rings. The van der Waals surface area contributed by atoms with Crippen molar-refractivity contribution in [1.82, 2.24) is 4.98 Å². The van der Waals surface area contributed by atoms with Crippen molar-refractivity contribution >= 4 is 46.3 Å². The Balaban J connectivity index is 2.12. The molecule has 1 aromatic heterocycles. The Labute approximate surface area is 142 Å². The number of nitrogens with two attached hydrogens (primary N) is 1. The second kappa shape index (κ2) is 7.49. The smallest absolute Gasteiger partial charge is 0.267 e. The number of benzene rings is 1. The topological polar surface area (TPSA) is 104 Å². The lowest BCUT2D eigenvalue weighted by Crippen LogP contribution is -2.15.